The third-order valence-electron chi connectivity index (χ3n) is 6.02. The molecule has 1 aromatic rings. The molecule has 2 rings (SSSR count). The van der Waals surface area contributed by atoms with Gasteiger partial charge in [-0.2, -0.15) is 0 Å². The van der Waals surface area contributed by atoms with Crippen LogP contribution in [0.25, 0.3) is 0 Å². The maximum Gasteiger partial charge on any atom is 0.159 e. The van der Waals surface area contributed by atoms with E-state index in [9.17, 15) is 4.79 Å². The van der Waals surface area contributed by atoms with E-state index in [1.807, 2.05) is 0 Å². The number of ether oxygens (including phenoxy) is 1. The van der Waals surface area contributed by atoms with Gasteiger partial charge in [-0.1, -0.05) is 85.3 Å². The Morgan fingerprint density at radius 3 is 2.17 bits per heavy atom. The Morgan fingerprint density at radius 1 is 0.931 bits per heavy atom. The lowest BCUT2D eigenvalue weighted by Gasteiger charge is -2.28. The molecule has 0 N–H and O–H groups in total. The number of fused-ring (bicyclic) bond motifs is 1. The van der Waals surface area contributed by atoms with Crippen LogP contribution in [0.2, 0.25) is 0 Å². The topological polar surface area (TPSA) is 26.3 Å². The Morgan fingerprint density at radius 2 is 1.55 bits per heavy atom. The number of benzene rings is 1. The summed E-state index contributed by atoms with van der Waals surface area (Å²) in [6.45, 7) is 13.0. The lowest BCUT2D eigenvalue weighted by molar-refractivity contribution is -0.113. The summed E-state index contributed by atoms with van der Waals surface area (Å²) in [7, 11) is 0. The van der Waals surface area contributed by atoms with E-state index in [4.69, 9.17) is 4.74 Å². The summed E-state index contributed by atoms with van der Waals surface area (Å²) >= 11 is 0. The highest BCUT2D eigenvalue weighted by atomic mass is 16.5. The average Bonchev–Trinajstić information content (AvgIpc) is 2.66. The van der Waals surface area contributed by atoms with E-state index < -0.39 is 0 Å². The normalized spacial score (nSPS) is 14.0. The van der Waals surface area contributed by atoms with Crippen LogP contribution in [0.1, 0.15) is 116 Å². The van der Waals surface area contributed by atoms with E-state index in [2.05, 4.69) is 46.8 Å². The molecule has 1 aliphatic heterocycles. The average molecular weight is 399 g/mol. The molecule has 0 unspecified atom stereocenters. The Kier molecular flexibility index (Phi) is 8.99. The summed E-state index contributed by atoms with van der Waals surface area (Å²) in [6, 6.07) is 4.64. The standard InChI is InChI=1S/C27H42O2/c1-7-9-11-12-14-15-21-17-23(27(4,5)6)18-22-19-24(20(3)28)25(29-26(21)22)16-13-10-8-2/h17-18H,7-16,19H2,1-6H3. The summed E-state index contributed by atoms with van der Waals surface area (Å²) in [5.41, 5.74) is 4.85. The first-order valence-corrected chi connectivity index (χ1v) is 11.8. The molecule has 162 valence electrons. The highest BCUT2D eigenvalue weighted by Gasteiger charge is 2.27. The zero-order valence-corrected chi connectivity index (χ0v) is 19.7. The summed E-state index contributed by atoms with van der Waals surface area (Å²) in [5, 5.41) is 0. The zero-order chi connectivity index (χ0) is 21.4. The van der Waals surface area contributed by atoms with Crippen LogP contribution in [0, 0.1) is 0 Å². The molecule has 1 aromatic carbocycles. The van der Waals surface area contributed by atoms with Crippen molar-refractivity contribution in [2.24, 2.45) is 0 Å². The smallest absolute Gasteiger partial charge is 0.159 e. The molecule has 1 heterocycles. The molecular weight excluding hydrogens is 356 g/mol. The second-order valence-electron chi connectivity index (χ2n) is 9.73. The number of hydrogen-bond acceptors (Lipinski definition) is 2. The van der Waals surface area contributed by atoms with Crippen molar-refractivity contribution >= 4 is 5.78 Å². The summed E-state index contributed by atoms with van der Waals surface area (Å²) in [4.78, 5) is 12.4. The third kappa shape index (κ3) is 6.73. The molecule has 0 saturated carbocycles. The van der Waals surface area contributed by atoms with E-state index in [0.29, 0.717) is 0 Å². The minimum absolute atomic E-state index is 0.0908. The first-order chi connectivity index (χ1) is 13.8. The van der Waals surface area contributed by atoms with Gasteiger partial charge in [0.25, 0.3) is 0 Å². The van der Waals surface area contributed by atoms with Gasteiger partial charge in [-0.3, -0.25) is 4.79 Å². The second-order valence-corrected chi connectivity index (χ2v) is 9.73. The van der Waals surface area contributed by atoms with E-state index in [-0.39, 0.29) is 11.2 Å². The van der Waals surface area contributed by atoms with Crippen molar-refractivity contribution in [2.75, 3.05) is 0 Å². The summed E-state index contributed by atoms with van der Waals surface area (Å²) < 4.78 is 6.49. The van der Waals surface area contributed by atoms with Crippen molar-refractivity contribution in [3.8, 4) is 5.75 Å². The minimum atomic E-state index is 0.0908. The van der Waals surface area contributed by atoms with Crippen LogP contribution in [0.15, 0.2) is 23.5 Å². The third-order valence-corrected chi connectivity index (χ3v) is 6.02. The fourth-order valence-electron chi connectivity index (χ4n) is 4.09. The van der Waals surface area contributed by atoms with Crippen LogP contribution in [0.4, 0.5) is 0 Å². The monoisotopic (exact) mass is 398 g/mol. The first kappa shape index (κ1) is 23.7. The quantitative estimate of drug-likeness (QED) is 0.355. The predicted molar refractivity (Wildman–Crippen MR) is 124 cm³/mol. The molecule has 29 heavy (non-hydrogen) atoms. The van der Waals surface area contributed by atoms with Gasteiger partial charge in [0.05, 0.1) is 0 Å². The number of unbranched alkanes of at least 4 members (excludes halogenated alkanes) is 6. The van der Waals surface area contributed by atoms with Crippen LogP contribution in [-0.4, -0.2) is 5.78 Å². The molecular formula is C27H42O2. The molecule has 0 saturated heterocycles. The van der Waals surface area contributed by atoms with Crippen LogP contribution >= 0.6 is 0 Å². The van der Waals surface area contributed by atoms with Crippen molar-refractivity contribution in [2.45, 2.75) is 118 Å². The lowest BCUT2D eigenvalue weighted by atomic mass is 9.82. The van der Waals surface area contributed by atoms with E-state index in [0.717, 1.165) is 42.8 Å². The van der Waals surface area contributed by atoms with Gasteiger partial charge in [0, 0.05) is 18.4 Å². The highest BCUT2D eigenvalue weighted by Crippen LogP contribution is 2.39. The van der Waals surface area contributed by atoms with Gasteiger partial charge in [-0.05, 0) is 48.3 Å². The number of carbonyl (C=O) groups is 1. The molecule has 0 radical (unpaired) electrons. The van der Waals surface area contributed by atoms with Crippen molar-refractivity contribution in [1.82, 2.24) is 0 Å². The molecule has 0 aromatic heterocycles. The summed E-state index contributed by atoms with van der Waals surface area (Å²) in [5.74, 6) is 2.13. The molecule has 0 amide bonds. The van der Waals surface area contributed by atoms with Gasteiger partial charge in [0.2, 0.25) is 0 Å². The Hall–Kier alpha value is -1.57. The Labute approximate surface area is 179 Å². The lowest BCUT2D eigenvalue weighted by Crippen LogP contribution is -2.19. The number of rotatable bonds is 11. The molecule has 1 aliphatic rings. The van der Waals surface area contributed by atoms with Gasteiger partial charge in [0.1, 0.15) is 11.5 Å². The second kappa shape index (κ2) is 11.0. The Bertz CT molecular complexity index is 719. The van der Waals surface area contributed by atoms with Crippen molar-refractivity contribution < 1.29 is 9.53 Å². The first-order valence-electron chi connectivity index (χ1n) is 11.8. The van der Waals surface area contributed by atoms with E-state index in [1.165, 1.54) is 61.6 Å². The van der Waals surface area contributed by atoms with Crippen molar-refractivity contribution in [1.29, 1.82) is 0 Å². The Balaban J connectivity index is 2.33. The van der Waals surface area contributed by atoms with Crippen LogP contribution in [-0.2, 0) is 23.1 Å². The van der Waals surface area contributed by atoms with Gasteiger partial charge in [0.15, 0.2) is 5.78 Å². The number of aryl methyl sites for hydroxylation is 1. The van der Waals surface area contributed by atoms with E-state index in [1.54, 1.807) is 6.92 Å². The summed E-state index contributed by atoms with van der Waals surface area (Å²) in [6.07, 6.45) is 12.5. The van der Waals surface area contributed by atoms with Crippen LogP contribution in [0.5, 0.6) is 5.75 Å². The number of allylic oxidation sites excluding steroid dienone is 2. The van der Waals surface area contributed by atoms with Crippen molar-refractivity contribution in [3.05, 3.63) is 40.2 Å². The molecule has 0 atom stereocenters. The minimum Gasteiger partial charge on any atom is -0.461 e. The van der Waals surface area contributed by atoms with Gasteiger partial charge in [-0.15, -0.1) is 0 Å². The van der Waals surface area contributed by atoms with Gasteiger partial charge >= 0.3 is 0 Å². The fourth-order valence-corrected chi connectivity index (χ4v) is 4.09. The largest absolute Gasteiger partial charge is 0.461 e. The maximum absolute atomic E-state index is 12.4. The predicted octanol–water partition coefficient (Wildman–Crippen LogP) is 7.86. The SMILES string of the molecule is CCCCCCCc1cc(C(C)(C)C)cc2c1OC(CCCCC)=C(C(C)=O)C2. The fraction of sp³-hybridized carbons (Fsp3) is 0.667. The molecule has 0 spiro atoms. The molecule has 0 fully saturated rings. The van der Waals surface area contributed by atoms with Crippen LogP contribution in [0.3, 0.4) is 0 Å². The number of hydrogen-bond donors (Lipinski definition) is 0. The molecule has 0 bridgehead atoms. The maximum atomic E-state index is 12.4. The van der Waals surface area contributed by atoms with Gasteiger partial charge in [-0.25, -0.2) is 0 Å². The van der Waals surface area contributed by atoms with Crippen molar-refractivity contribution in [3.63, 3.8) is 0 Å². The van der Waals surface area contributed by atoms with Crippen LogP contribution < -0.4 is 4.74 Å². The molecule has 0 aliphatic carbocycles. The number of Topliss-reactive ketones (excluding diaryl/α,β-unsaturated/α-hetero) is 1. The molecule has 2 nitrogen and oxygen atoms in total. The highest BCUT2D eigenvalue weighted by molar-refractivity contribution is 5.94. The van der Waals surface area contributed by atoms with E-state index >= 15 is 0 Å². The van der Waals surface area contributed by atoms with Gasteiger partial charge < -0.3 is 4.74 Å². The number of ketones is 1. The number of carbonyl (C=O) groups excluding carboxylic acids is 1. The zero-order valence-electron chi connectivity index (χ0n) is 19.7. The molecule has 2 heteroatoms.